The van der Waals surface area contributed by atoms with Crippen molar-refractivity contribution in [3.05, 3.63) is 71.8 Å². The van der Waals surface area contributed by atoms with Crippen molar-refractivity contribution in [1.29, 1.82) is 0 Å². The Balaban J connectivity index is 2.32. The minimum atomic E-state index is 0.950. The Morgan fingerprint density at radius 1 is 0.941 bits per heavy atom. The fraction of sp³-hybridized carbons (Fsp3) is 0.0625. The molecule has 2 aromatic carbocycles. The molecular weight excluding hydrogens is 206 g/mol. The molecule has 0 radical (unpaired) electrons. The lowest BCUT2D eigenvalue weighted by atomic mass is 10.1. The van der Waals surface area contributed by atoms with Crippen molar-refractivity contribution in [2.75, 3.05) is 0 Å². The van der Waals surface area contributed by atoms with Gasteiger partial charge in [0.05, 0.1) is 5.69 Å². The number of hydrogen-bond donors (Lipinski definition) is 0. The van der Waals surface area contributed by atoms with Crippen molar-refractivity contribution in [3.8, 4) is 0 Å². The molecule has 0 aliphatic rings. The first kappa shape index (κ1) is 11.3. The van der Waals surface area contributed by atoms with Gasteiger partial charge in [0.1, 0.15) is 0 Å². The molecule has 84 valence electrons. The van der Waals surface area contributed by atoms with Gasteiger partial charge in [-0.15, -0.1) is 0 Å². The van der Waals surface area contributed by atoms with E-state index in [2.05, 4.69) is 30.6 Å². The second kappa shape index (κ2) is 5.26. The van der Waals surface area contributed by atoms with Crippen LogP contribution in [0.4, 0.5) is 5.69 Å². The average Bonchev–Trinajstić information content (AvgIpc) is 2.38. The average molecular weight is 221 g/mol. The number of para-hydroxylation sites is 1. The van der Waals surface area contributed by atoms with Gasteiger partial charge in [-0.25, -0.2) is 0 Å². The van der Waals surface area contributed by atoms with Crippen LogP contribution in [0.5, 0.6) is 0 Å². The number of hydrogen-bond acceptors (Lipinski definition) is 1. The van der Waals surface area contributed by atoms with Gasteiger partial charge in [-0.3, -0.25) is 4.99 Å². The molecule has 0 aliphatic carbocycles. The fourth-order valence-electron chi connectivity index (χ4n) is 1.65. The van der Waals surface area contributed by atoms with Crippen molar-refractivity contribution in [1.82, 2.24) is 0 Å². The number of aliphatic imine (C=N–C) groups is 1. The molecule has 0 N–H and O–H groups in total. The topological polar surface area (TPSA) is 12.4 Å². The quantitative estimate of drug-likeness (QED) is 0.682. The molecule has 2 rings (SSSR count). The van der Waals surface area contributed by atoms with Crippen LogP contribution >= 0.6 is 0 Å². The lowest BCUT2D eigenvalue weighted by Crippen LogP contribution is -1.85. The summed E-state index contributed by atoms with van der Waals surface area (Å²) in [7, 11) is 0. The van der Waals surface area contributed by atoms with Crippen LogP contribution in [0.2, 0.25) is 0 Å². The molecule has 0 atom stereocenters. The smallest absolute Gasteiger partial charge is 0.0701 e. The Hall–Kier alpha value is -2.15. The Morgan fingerprint density at radius 3 is 2.29 bits per heavy atom. The molecule has 1 heteroatoms. The Morgan fingerprint density at radius 2 is 1.59 bits per heavy atom. The summed E-state index contributed by atoms with van der Waals surface area (Å²) in [6.07, 6.45) is 3.72. The van der Waals surface area contributed by atoms with Gasteiger partial charge < -0.3 is 0 Å². The van der Waals surface area contributed by atoms with E-state index in [4.69, 9.17) is 0 Å². The van der Waals surface area contributed by atoms with Crippen molar-refractivity contribution < 1.29 is 0 Å². The number of aryl methyl sites for hydroxylation is 1. The molecular formula is C16H15N. The molecule has 0 bridgehead atoms. The van der Waals surface area contributed by atoms with Crippen LogP contribution in [0, 0.1) is 6.92 Å². The maximum absolute atomic E-state index is 4.51. The molecule has 2 aromatic rings. The summed E-state index contributed by atoms with van der Waals surface area (Å²) >= 11 is 0. The van der Waals surface area contributed by atoms with Gasteiger partial charge in [-0.2, -0.15) is 0 Å². The van der Waals surface area contributed by atoms with Gasteiger partial charge in [0.15, 0.2) is 0 Å². The molecule has 0 saturated heterocycles. The largest absolute Gasteiger partial charge is 0.256 e. The highest BCUT2D eigenvalue weighted by Crippen LogP contribution is 2.19. The molecule has 0 heterocycles. The Labute approximate surface area is 102 Å². The molecule has 0 unspecified atom stereocenters. The number of rotatable bonds is 3. The maximum atomic E-state index is 4.51. The summed E-state index contributed by atoms with van der Waals surface area (Å²) in [6, 6.07) is 16.2. The number of nitrogens with zero attached hydrogens (tertiary/aromatic N) is 1. The highest BCUT2D eigenvalue weighted by Gasteiger charge is 1.95. The standard InChI is InChI=1S/C16H15N/c1-3-14-9-6-7-11-16(14)17-12-15-10-5-4-8-13(15)2/h3-12H,1H2,2H3. The van der Waals surface area contributed by atoms with Crippen LogP contribution < -0.4 is 0 Å². The zero-order chi connectivity index (χ0) is 12.1. The third-order valence-electron chi connectivity index (χ3n) is 2.69. The minimum Gasteiger partial charge on any atom is -0.256 e. The zero-order valence-electron chi connectivity index (χ0n) is 9.93. The Bertz CT molecular complexity index is 553. The SMILES string of the molecule is C=Cc1ccccc1N=Cc1ccccc1C. The molecule has 0 spiro atoms. The molecule has 0 amide bonds. The van der Waals surface area contributed by atoms with Gasteiger partial charge in [0, 0.05) is 6.21 Å². The summed E-state index contributed by atoms with van der Waals surface area (Å²) in [5.74, 6) is 0. The highest BCUT2D eigenvalue weighted by molar-refractivity contribution is 5.84. The lowest BCUT2D eigenvalue weighted by molar-refractivity contribution is 1.43. The predicted molar refractivity (Wildman–Crippen MR) is 75.0 cm³/mol. The first-order chi connectivity index (χ1) is 8.31. The van der Waals surface area contributed by atoms with E-state index >= 15 is 0 Å². The van der Waals surface area contributed by atoms with Gasteiger partial charge in [0.2, 0.25) is 0 Å². The van der Waals surface area contributed by atoms with Crippen LogP contribution in [0.1, 0.15) is 16.7 Å². The second-order valence-corrected chi connectivity index (χ2v) is 3.88. The molecule has 0 fully saturated rings. The van der Waals surface area contributed by atoms with Crippen molar-refractivity contribution >= 4 is 18.0 Å². The number of benzene rings is 2. The van der Waals surface area contributed by atoms with E-state index in [1.165, 1.54) is 5.56 Å². The monoisotopic (exact) mass is 221 g/mol. The summed E-state index contributed by atoms with van der Waals surface area (Å²) < 4.78 is 0. The van der Waals surface area contributed by atoms with Gasteiger partial charge in [-0.1, -0.05) is 55.1 Å². The lowest BCUT2D eigenvalue weighted by Gasteiger charge is -2.01. The Kier molecular flexibility index (Phi) is 3.51. The van der Waals surface area contributed by atoms with Crippen molar-refractivity contribution in [3.63, 3.8) is 0 Å². The first-order valence-electron chi connectivity index (χ1n) is 5.62. The van der Waals surface area contributed by atoms with E-state index in [1.807, 2.05) is 48.7 Å². The van der Waals surface area contributed by atoms with Crippen LogP contribution in [0.25, 0.3) is 6.08 Å². The third kappa shape index (κ3) is 2.70. The normalized spacial score (nSPS) is 10.6. The molecule has 0 aliphatic heterocycles. The van der Waals surface area contributed by atoms with Gasteiger partial charge in [0.25, 0.3) is 0 Å². The summed E-state index contributed by atoms with van der Waals surface area (Å²) in [5.41, 5.74) is 4.38. The minimum absolute atomic E-state index is 0.950. The van der Waals surface area contributed by atoms with Gasteiger partial charge in [-0.05, 0) is 29.7 Å². The zero-order valence-corrected chi connectivity index (χ0v) is 9.93. The van der Waals surface area contributed by atoms with E-state index in [1.54, 1.807) is 0 Å². The summed E-state index contributed by atoms with van der Waals surface area (Å²) in [6.45, 7) is 5.87. The summed E-state index contributed by atoms with van der Waals surface area (Å²) in [5, 5.41) is 0. The highest BCUT2D eigenvalue weighted by atomic mass is 14.7. The molecule has 1 nitrogen and oxygen atoms in total. The van der Waals surface area contributed by atoms with E-state index < -0.39 is 0 Å². The fourth-order valence-corrected chi connectivity index (χ4v) is 1.65. The summed E-state index contributed by atoms with van der Waals surface area (Å²) in [4.78, 5) is 4.51. The molecule has 0 aromatic heterocycles. The van der Waals surface area contributed by atoms with E-state index in [0.717, 1.165) is 16.8 Å². The maximum Gasteiger partial charge on any atom is 0.0701 e. The van der Waals surface area contributed by atoms with Crippen molar-refractivity contribution in [2.24, 2.45) is 4.99 Å². The second-order valence-electron chi connectivity index (χ2n) is 3.88. The van der Waals surface area contributed by atoms with Crippen LogP contribution in [-0.4, -0.2) is 6.21 Å². The van der Waals surface area contributed by atoms with E-state index in [-0.39, 0.29) is 0 Å². The van der Waals surface area contributed by atoms with Crippen molar-refractivity contribution in [2.45, 2.75) is 6.92 Å². The van der Waals surface area contributed by atoms with E-state index in [0.29, 0.717) is 0 Å². The molecule has 0 saturated carbocycles. The predicted octanol–water partition coefficient (Wildman–Crippen LogP) is 4.39. The third-order valence-corrected chi connectivity index (χ3v) is 2.69. The van der Waals surface area contributed by atoms with Gasteiger partial charge >= 0.3 is 0 Å². The van der Waals surface area contributed by atoms with Crippen LogP contribution in [0.3, 0.4) is 0 Å². The van der Waals surface area contributed by atoms with E-state index in [9.17, 15) is 0 Å². The molecule has 17 heavy (non-hydrogen) atoms. The van der Waals surface area contributed by atoms with Crippen LogP contribution in [-0.2, 0) is 0 Å². The first-order valence-corrected chi connectivity index (χ1v) is 5.62. The van der Waals surface area contributed by atoms with Crippen LogP contribution in [0.15, 0.2) is 60.1 Å².